The fourth-order valence-corrected chi connectivity index (χ4v) is 5.77. The van der Waals surface area contributed by atoms with Crippen molar-refractivity contribution in [2.24, 2.45) is 0 Å². The molecule has 1 amide bonds. The van der Waals surface area contributed by atoms with Gasteiger partial charge < -0.3 is 25.5 Å². The normalized spacial score (nSPS) is 26.5. The van der Waals surface area contributed by atoms with Gasteiger partial charge in [-0.05, 0) is 36.5 Å². The van der Waals surface area contributed by atoms with E-state index in [0.717, 1.165) is 35.7 Å². The van der Waals surface area contributed by atoms with E-state index < -0.39 is 6.23 Å². The monoisotopic (exact) mass is 484 g/mol. The number of carbonyl (C=O) groups is 1. The van der Waals surface area contributed by atoms with Gasteiger partial charge in [0, 0.05) is 36.3 Å². The van der Waals surface area contributed by atoms with Crippen LogP contribution < -0.4 is 15.5 Å². The maximum atomic E-state index is 13.8. The van der Waals surface area contributed by atoms with Crippen LogP contribution >= 0.6 is 11.6 Å². The number of aromatic nitrogens is 2. The van der Waals surface area contributed by atoms with Crippen molar-refractivity contribution in [2.45, 2.75) is 69.8 Å². The lowest BCUT2D eigenvalue weighted by Gasteiger charge is -2.39. The van der Waals surface area contributed by atoms with Gasteiger partial charge in [-0.1, -0.05) is 44.5 Å². The van der Waals surface area contributed by atoms with E-state index in [4.69, 9.17) is 11.6 Å². The van der Waals surface area contributed by atoms with Crippen molar-refractivity contribution in [2.75, 3.05) is 29.9 Å². The molecule has 3 aliphatic rings. The van der Waals surface area contributed by atoms with Gasteiger partial charge in [-0.3, -0.25) is 4.79 Å². The summed E-state index contributed by atoms with van der Waals surface area (Å²) in [6, 6.07) is 8.33. The van der Waals surface area contributed by atoms with Crippen molar-refractivity contribution in [3.8, 4) is 0 Å². The molecule has 2 saturated heterocycles. The van der Waals surface area contributed by atoms with Crippen LogP contribution in [-0.2, 0) is 4.79 Å². The molecule has 2 bridgehead atoms. The molecule has 2 fully saturated rings. The van der Waals surface area contributed by atoms with Crippen LogP contribution in [0, 0.1) is 0 Å². The number of aliphatic hydroxyl groups is 1. The Hall–Kier alpha value is -2.42. The average Bonchev–Trinajstić information content (AvgIpc) is 3.40. The Kier molecular flexibility index (Phi) is 6.39. The molecule has 182 valence electrons. The number of hydrogen-bond acceptors (Lipinski definition) is 7. The standard InChI is InChI=1S/C25H33ClN6O2/c1-14(2)27-10-20(16-4-6-17(26)7-5-16)25(34)32-12-18-9-19(32)11-31(18)24-22-15(3)8-21(33)30-23(22)28-13-29-24/h4-7,13-15,18-21,27,33H,8-12H2,1-3H3,(H,28,29,30)/t15-,18?,19?,20-,21?/m1/s1. The summed E-state index contributed by atoms with van der Waals surface area (Å²) >= 11 is 6.10. The molecule has 5 atom stereocenters. The third kappa shape index (κ3) is 4.34. The number of benzene rings is 1. The van der Waals surface area contributed by atoms with Gasteiger partial charge >= 0.3 is 0 Å². The van der Waals surface area contributed by atoms with E-state index in [0.29, 0.717) is 30.6 Å². The SMILES string of the molecule is CC(C)NC[C@@H](C(=O)N1CC2CC1CN2c1ncnc2c1[C@H](C)CC(O)N2)c1ccc(Cl)cc1. The highest BCUT2D eigenvalue weighted by atomic mass is 35.5. The molecule has 5 rings (SSSR count). The highest BCUT2D eigenvalue weighted by Gasteiger charge is 2.48. The number of rotatable bonds is 6. The van der Waals surface area contributed by atoms with Crippen LogP contribution in [0.2, 0.25) is 5.02 Å². The molecule has 2 aromatic rings. The van der Waals surface area contributed by atoms with Crippen LogP contribution in [0.5, 0.6) is 0 Å². The maximum Gasteiger partial charge on any atom is 0.231 e. The molecule has 0 spiro atoms. The van der Waals surface area contributed by atoms with Crippen LogP contribution in [0.3, 0.4) is 0 Å². The first-order chi connectivity index (χ1) is 16.3. The lowest BCUT2D eigenvalue weighted by molar-refractivity contribution is -0.133. The number of anilines is 2. The second-order valence-corrected chi connectivity index (χ2v) is 10.5. The Morgan fingerprint density at radius 2 is 1.97 bits per heavy atom. The Balaban J connectivity index is 1.35. The van der Waals surface area contributed by atoms with Gasteiger partial charge in [-0.15, -0.1) is 0 Å². The molecule has 3 aliphatic heterocycles. The van der Waals surface area contributed by atoms with Gasteiger partial charge in [0.05, 0.1) is 18.0 Å². The third-order valence-electron chi connectivity index (χ3n) is 7.33. The summed E-state index contributed by atoms with van der Waals surface area (Å²) in [5, 5.41) is 17.3. The van der Waals surface area contributed by atoms with Gasteiger partial charge in [0.25, 0.3) is 0 Å². The molecular formula is C25H33ClN6O2. The van der Waals surface area contributed by atoms with E-state index in [1.54, 1.807) is 6.33 Å². The molecule has 9 heteroatoms. The second-order valence-electron chi connectivity index (χ2n) is 10.1. The fraction of sp³-hybridized carbons (Fsp3) is 0.560. The van der Waals surface area contributed by atoms with Crippen LogP contribution in [0.1, 0.15) is 56.6 Å². The number of nitrogens with one attached hydrogen (secondary N) is 2. The molecule has 34 heavy (non-hydrogen) atoms. The van der Waals surface area contributed by atoms with Crippen molar-refractivity contribution in [1.82, 2.24) is 20.2 Å². The van der Waals surface area contributed by atoms with E-state index in [9.17, 15) is 9.90 Å². The average molecular weight is 485 g/mol. The minimum Gasteiger partial charge on any atom is -0.374 e. The van der Waals surface area contributed by atoms with Crippen LogP contribution in [-0.4, -0.2) is 69.9 Å². The molecule has 1 aromatic carbocycles. The van der Waals surface area contributed by atoms with E-state index in [1.165, 1.54) is 0 Å². The summed E-state index contributed by atoms with van der Waals surface area (Å²) in [4.78, 5) is 27.2. The number of hydrogen-bond donors (Lipinski definition) is 3. The molecule has 3 unspecified atom stereocenters. The fourth-order valence-electron chi connectivity index (χ4n) is 5.65. The largest absolute Gasteiger partial charge is 0.374 e. The highest BCUT2D eigenvalue weighted by molar-refractivity contribution is 6.30. The summed E-state index contributed by atoms with van der Waals surface area (Å²) in [6.07, 6.45) is 2.55. The third-order valence-corrected chi connectivity index (χ3v) is 7.58. The topological polar surface area (TPSA) is 93.6 Å². The Morgan fingerprint density at radius 1 is 1.21 bits per heavy atom. The van der Waals surface area contributed by atoms with Gasteiger partial charge in [-0.2, -0.15) is 0 Å². The van der Waals surface area contributed by atoms with E-state index in [-0.39, 0.29) is 29.8 Å². The second kappa shape index (κ2) is 9.32. The van der Waals surface area contributed by atoms with E-state index in [1.807, 2.05) is 24.3 Å². The molecule has 0 radical (unpaired) electrons. The first kappa shape index (κ1) is 23.3. The first-order valence-corrected chi connectivity index (χ1v) is 12.5. The number of halogens is 1. The van der Waals surface area contributed by atoms with Gasteiger partial charge in [0.15, 0.2) is 0 Å². The molecule has 0 aliphatic carbocycles. The number of aliphatic hydroxyl groups excluding tert-OH is 1. The zero-order valence-electron chi connectivity index (χ0n) is 19.9. The Labute approximate surface area is 205 Å². The molecule has 1 aromatic heterocycles. The number of nitrogens with zero attached hydrogens (tertiary/aromatic N) is 4. The van der Waals surface area contributed by atoms with Crippen molar-refractivity contribution in [3.63, 3.8) is 0 Å². The molecule has 4 heterocycles. The number of carbonyl (C=O) groups excluding carboxylic acids is 1. The molecular weight excluding hydrogens is 452 g/mol. The summed E-state index contributed by atoms with van der Waals surface area (Å²) in [5.74, 6) is 1.74. The number of fused-ring (bicyclic) bond motifs is 3. The molecule has 0 saturated carbocycles. The Morgan fingerprint density at radius 3 is 2.65 bits per heavy atom. The quantitative estimate of drug-likeness (QED) is 0.580. The minimum atomic E-state index is -0.586. The van der Waals surface area contributed by atoms with Crippen molar-refractivity contribution < 1.29 is 9.90 Å². The maximum absolute atomic E-state index is 13.8. The number of piperazine rings is 1. The van der Waals surface area contributed by atoms with Crippen molar-refractivity contribution in [1.29, 1.82) is 0 Å². The summed E-state index contributed by atoms with van der Waals surface area (Å²) in [6.45, 7) is 8.35. The zero-order valence-corrected chi connectivity index (χ0v) is 20.7. The van der Waals surface area contributed by atoms with Crippen LogP contribution in [0.4, 0.5) is 11.6 Å². The van der Waals surface area contributed by atoms with Crippen LogP contribution in [0.15, 0.2) is 30.6 Å². The van der Waals surface area contributed by atoms with Gasteiger partial charge in [-0.25, -0.2) is 9.97 Å². The number of likely N-dealkylation sites (tertiary alicyclic amines) is 1. The zero-order chi connectivity index (χ0) is 24.0. The minimum absolute atomic E-state index is 0.161. The lowest BCUT2D eigenvalue weighted by Crippen LogP contribution is -2.51. The smallest absolute Gasteiger partial charge is 0.231 e. The molecule has 8 nitrogen and oxygen atoms in total. The first-order valence-electron chi connectivity index (χ1n) is 12.2. The van der Waals surface area contributed by atoms with Gasteiger partial charge in [0.2, 0.25) is 5.91 Å². The van der Waals surface area contributed by atoms with Crippen molar-refractivity contribution in [3.05, 3.63) is 46.7 Å². The molecule has 3 N–H and O–H groups in total. The predicted octanol–water partition coefficient (Wildman–Crippen LogP) is 2.94. The predicted molar refractivity (Wildman–Crippen MR) is 133 cm³/mol. The van der Waals surface area contributed by atoms with Crippen molar-refractivity contribution >= 4 is 29.1 Å². The lowest BCUT2D eigenvalue weighted by atomic mass is 9.93. The van der Waals surface area contributed by atoms with Gasteiger partial charge in [0.1, 0.15) is 24.2 Å². The van der Waals surface area contributed by atoms with E-state index >= 15 is 0 Å². The van der Waals surface area contributed by atoms with Crippen LogP contribution in [0.25, 0.3) is 0 Å². The number of amides is 1. The summed E-state index contributed by atoms with van der Waals surface area (Å²) in [7, 11) is 0. The summed E-state index contributed by atoms with van der Waals surface area (Å²) in [5.41, 5.74) is 2.06. The van der Waals surface area contributed by atoms with E-state index in [2.05, 4.69) is 51.2 Å². The highest BCUT2D eigenvalue weighted by Crippen LogP contribution is 2.42. The summed E-state index contributed by atoms with van der Waals surface area (Å²) < 4.78 is 0. The Bertz CT molecular complexity index is 1050.